The number of benzene rings is 1. The minimum Gasteiger partial charge on any atom is -1.00 e. The zero-order chi connectivity index (χ0) is 9.35. The number of rotatable bonds is 1. The molecule has 0 radical (unpaired) electrons. The summed E-state index contributed by atoms with van der Waals surface area (Å²) in [5, 5.41) is 0.769. The summed E-state index contributed by atoms with van der Waals surface area (Å²) in [5.74, 6) is 0. The molecule has 0 saturated carbocycles. The van der Waals surface area contributed by atoms with Crippen LogP contribution in [0.4, 0.5) is 0 Å². The first-order valence-electron chi connectivity index (χ1n) is 3.25. The molecule has 1 aromatic rings. The topological polar surface area (TPSA) is 54.4 Å². The molecule has 0 heterocycles. The SMILES string of the molecule is Cc1ccc(S(=O)(=O)O)cc1P.[H-].[Na+]. The molecule has 68 valence electrons. The molecule has 0 amide bonds. The first-order chi connectivity index (χ1) is 5.41. The van der Waals surface area contributed by atoms with Gasteiger partial charge in [0.1, 0.15) is 0 Å². The van der Waals surface area contributed by atoms with Gasteiger partial charge in [-0.05, 0) is 29.9 Å². The van der Waals surface area contributed by atoms with Gasteiger partial charge in [-0.2, -0.15) is 8.42 Å². The van der Waals surface area contributed by atoms with E-state index in [9.17, 15) is 8.42 Å². The molecule has 0 saturated heterocycles. The minimum atomic E-state index is -4.06. The molecule has 0 aromatic heterocycles. The Labute approximate surface area is 104 Å². The van der Waals surface area contributed by atoms with Crippen molar-refractivity contribution in [2.45, 2.75) is 11.8 Å². The third kappa shape index (κ3) is 3.66. The van der Waals surface area contributed by atoms with Crippen LogP contribution in [0.3, 0.4) is 0 Å². The van der Waals surface area contributed by atoms with Gasteiger partial charge in [-0.25, -0.2) is 0 Å². The zero-order valence-corrected chi connectivity index (χ0v) is 11.5. The molecule has 3 nitrogen and oxygen atoms in total. The van der Waals surface area contributed by atoms with Crippen molar-refractivity contribution in [1.29, 1.82) is 0 Å². The summed E-state index contributed by atoms with van der Waals surface area (Å²) >= 11 is 0. The summed E-state index contributed by atoms with van der Waals surface area (Å²) in [7, 11) is -1.65. The number of hydrogen-bond acceptors (Lipinski definition) is 2. The van der Waals surface area contributed by atoms with Crippen LogP contribution in [0.25, 0.3) is 0 Å². The van der Waals surface area contributed by atoms with Gasteiger partial charge in [-0.15, -0.1) is 9.24 Å². The van der Waals surface area contributed by atoms with Crippen LogP contribution in [0, 0.1) is 6.92 Å². The maximum atomic E-state index is 10.6. The molecule has 1 atom stereocenters. The van der Waals surface area contributed by atoms with Gasteiger partial charge in [0.15, 0.2) is 0 Å². The van der Waals surface area contributed by atoms with Gasteiger partial charge in [-0.3, -0.25) is 4.55 Å². The Morgan fingerprint density at radius 1 is 1.46 bits per heavy atom. The normalized spacial score (nSPS) is 10.7. The van der Waals surface area contributed by atoms with E-state index in [1.807, 2.05) is 6.92 Å². The molecule has 0 aliphatic rings. The van der Waals surface area contributed by atoms with Crippen LogP contribution >= 0.6 is 9.24 Å². The molecule has 0 fully saturated rings. The molecule has 1 unspecified atom stereocenters. The fourth-order valence-corrected chi connectivity index (χ4v) is 1.69. The number of hydrogen-bond donors (Lipinski definition) is 1. The molecule has 6 heteroatoms. The largest absolute Gasteiger partial charge is 1.00 e. The Balaban J connectivity index is 0. The van der Waals surface area contributed by atoms with E-state index in [1.54, 1.807) is 6.07 Å². The van der Waals surface area contributed by atoms with Crippen LogP contribution in [0.2, 0.25) is 0 Å². The van der Waals surface area contributed by atoms with Gasteiger partial charge >= 0.3 is 29.6 Å². The van der Waals surface area contributed by atoms with Crippen molar-refractivity contribution in [3.63, 3.8) is 0 Å². The van der Waals surface area contributed by atoms with Crippen molar-refractivity contribution in [1.82, 2.24) is 0 Å². The van der Waals surface area contributed by atoms with Crippen molar-refractivity contribution < 1.29 is 44.0 Å². The van der Waals surface area contributed by atoms with Gasteiger partial charge in [0.2, 0.25) is 0 Å². The van der Waals surface area contributed by atoms with E-state index in [0.717, 1.165) is 10.9 Å². The van der Waals surface area contributed by atoms with E-state index in [0.29, 0.717) is 0 Å². The van der Waals surface area contributed by atoms with E-state index in [1.165, 1.54) is 12.1 Å². The van der Waals surface area contributed by atoms with E-state index < -0.39 is 10.1 Å². The molecule has 1 rings (SSSR count). The fourth-order valence-electron chi connectivity index (χ4n) is 0.779. The summed E-state index contributed by atoms with van der Waals surface area (Å²) in [6.45, 7) is 1.86. The molecule has 1 aromatic carbocycles. The predicted molar refractivity (Wildman–Crippen MR) is 51.4 cm³/mol. The van der Waals surface area contributed by atoms with Crippen LogP contribution in [-0.2, 0) is 10.1 Å². The van der Waals surface area contributed by atoms with Crippen molar-refractivity contribution in [3.8, 4) is 0 Å². The summed E-state index contributed by atoms with van der Waals surface area (Å²) < 4.78 is 30.0. The van der Waals surface area contributed by atoms with Gasteiger partial charge < -0.3 is 1.43 Å². The van der Waals surface area contributed by atoms with Crippen molar-refractivity contribution in [2.75, 3.05) is 0 Å². The maximum Gasteiger partial charge on any atom is 1.00 e. The summed E-state index contributed by atoms with van der Waals surface area (Å²) in [5.41, 5.74) is 0.965. The monoisotopic (exact) mass is 228 g/mol. The third-order valence-corrected chi connectivity index (χ3v) is 3.02. The van der Waals surface area contributed by atoms with Gasteiger partial charge in [0.05, 0.1) is 4.90 Å². The second-order valence-corrected chi connectivity index (χ2v) is 4.54. The second-order valence-electron chi connectivity index (χ2n) is 2.49. The second kappa shape index (κ2) is 4.87. The number of aryl methyl sites for hydroxylation is 1. The van der Waals surface area contributed by atoms with E-state index in [4.69, 9.17) is 4.55 Å². The molecule has 0 aliphatic heterocycles. The molecule has 0 bridgehead atoms. The molecule has 13 heavy (non-hydrogen) atoms. The quantitative estimate of drug-likeness (QED) is 0.339. The zero-order valence-electron chi connectivity index (χ0n) is 8.48. The molecule has 0 spiro atoms. The minimum absolute atomic E-state index is 0. The average Bonchev–Trinajstić information content (AvgIpc) is 1.92. The van der Waals surface area contributed by atoms with Crippen molar-refractivity contribution >= 4 is 24.7 Å². The van der Waals surface area contributed by atoms with Gasteiger partial charge in [-0.1, -0.05) is 6.07 Å². The Kier molecular flexibility index (Phi) is 5.08. The van der Waals surface area contributed by atoms with Crippen molar-refractivity contribution in [3.05, 3.63) is 23.8 Å². The molecule has 1 N–H and O–H groups in total. The van der Waals surface area contributed by atoms with E-state index in [2.05, 4.69) is 9.24 Å². The average molecular weight is 228 g/mol. The van der Waals surface area contributed by atoms with E-state index in [-0.39, 0.29) is 35.9 Å². The van der Waals surface area contributed by atoms with Crippen LogP contribution in [-0.4, -0.2) is 13.0 Å². The molecule has 0 aliphatic carbocycles. The van der Waals surface area contributed by atoms with E-state index >= 15 is 0 Å². The Bertz CT molecular complexity index is 407. The standard InChI is InChI=1S/C7H9O3PS.Na.H/c1-5-2-3-6(4-7(5)11)12(8,9)10;;/h2-4H,11H2,1H3,(H,8,9,10);;/q;+1;-1. The van der Waals surface area contributed by atoms with Crippen LogP contribution < -0.4 is 34.9 Å². The van der Waals surface area contributed by atoms with Gasteiger partial charge in [0.25, 0.3) is 10.1 Å². The van der Waals surface area contributed by atoms with Gasteiger partial charge in [0, 0.05) is 0 Å². The predicted octanol–water partition coefficient (Wildman–Crippen LogP) is -2.14. The van der Waals surface area contributed by atoms with Crippen molar-refractivity contribution in [2.24, 2.45) is 0 Å². The first kappa shape index (κ1) is 13.6. The molecular formula is C7H10NaO3PS. The first-order valence-corrected chi connectivity index (χ1v) is 5.26. The van der Waals surface area contributed by atoms with Crippen LogP contribution in [0.1, 0.15) is 6.99 Å². The summed E-state index contributed by atoms with van der Waals surface area (Å²) in [4.78, 5) is -0.0712. The Morgan fingerprint density at radius 2 is 2.00 bits per heavy atom. The fraction of sp³-hybridized carbons (Fsp3) is 0.143. The third-order valence-electron chi connectivity index (χ3n) is 1.55. The molecular weight excluding hydrogens is 218 g/mol. The summed E-state index contributed by atoms with van der Waals surface area (Å²) in [6.07, 6.45) is 0. The Morgan fingerprint density at radius 3 is 2.38 bits per heavy atom. The van der Waals surface area contributed by atoms with Crippen LogP contribution in [0.5, 0.6) is 0 Å². The summed E-state index contributed by atoms with van der Waals surface area (Å²) in [6, 6.07) is 4.43. The smallest absolute Gasteiger partial charge is 1.00 e. The Hall–Kier alpha value is 0.560. The maximum absolute atomic E-state index is 10.6. The van der Waals surface area contributed by atoms with Crippen LogP contribution in [0.15, 0.2) is 23.1 Å².